The smallest absolute Gasteiger partial charge is 0.310 e. The van der Waals surface area contributed by atoms with E-state index in [4.69, 9.17) is 9.47 Å². The first-order chi connectivity index (χ1) is 20.0. The number of benzene rings is 3. The summed E-state index contributed by atoms with van der Waals surface area (Å²) < 4.78 is 13.8. The average molecular weight is 553 g/mol. The first-order valence-electron chi connectivity index (χ1n) is 14.9. The molecule has 2 heterocycles. The predicted octanol–water partition coefficient (Wildman–Crippen LogP) is 7.34. The van der Waals surface area contributed by atoms with Crippen LogP contribution >= 0.6 is 0 Å². The van der Waals surface area contributed by atoms with Crippen LogP contribution in [0.3, 0.4) is 0 Å². The van der Waals surface area contributed by atoms with Gasteiger partial charge in [-0.05, 0) is 74.1 Å². The molecular formula is C35H40N2O4. The molecule has 2 unspecified atom stereocenters. The highest BCUT2D eigenvalue weighted by molar-refractivity contribution is 5.89. The van der Waals surface area contributed by atoms with E-state index >= 15 is 0 Å². The van der Waals surface area contributed by atoms with E-state index in [1.165, 1.54) is 16.5 Å². The minimum absolute atomic E-state index is 0.0578. The number of esters is 1. The third-order valence-corrected chi connectivity index (χ3v) is 8.12. The number of hydrogen-bond donors (Lipinski definition) is 0. The molecule has 1 aromatic heterocycles. The number of carbonyl (C=O) groups excluding carboxylic acids is 2. The van der Waals surface area contributed by atoms with Crippen LogP contribution in [0.25, 0.3) is 10.9 Å². The van der Waals surface area contributed by atoms with Gasteiger partial charge >= 0.3 is 5.97 Å². The van der Waals surface area contributed by atoms with E-state index in [0.29, 0.717) is 26.1 Å². The number of amides is 1. The van der Waals surface area contributed by atoms with Crippen LogP contribution in [0.4, 0.5) is 0 Å². The maximum Gasteiger partial charge on any atom is 0.310 e. The van der Waals surface area contributed by atoms with Gasteiger partial charge in [-0.15, -0.1) is 0 Å². The number of aromatic nitrogens is 1. The van der Waals surface area contributed by atoms with Crippen molar-refractivity contribution in [1.29, 1.82) is 0 Å². The van der Waals surface area contributed by atoms with Gasteiger partial charge in [-0.2, -0.15) is 0 Å². The quantitative estimate of drug-likeness (QED) is 0.193. The number of carbonyl (C=O) groups is 2. The maximum absolute atomic E-state index is 13.9. The summed E-state index contributed by atoms with van der Waals surface area (Å²) in [6.07, 6.45) is 5.03. The van der Waals surface area contributed by atoms with Crippen LogP contribution in [0.5, 0.6) is 11.5 Å². The highest BCUT2D eigenvalue weighted by Crippen LogP contribution is 2.38. The third-order valence-electron chi connectivity index (χ3n) is 8.12. The Balaban J connectivity index is 1.52. The van der Waals surface area contributed by atoms with Crippen molar-refractivity contribution in [3.63, 3.8) is 0 Å². The van der Waals surface area contributed by atoms with Crippen LogP contribution in [-0.4, -0.2) is 41.0 Å². The zero-order valence-electron chi connectivity index (χ0n) is 24.3. The van der Waals surface area contributed by atoms with Gasteiger partial charge in [0.2, 0.25) is 5.91 Å². The summed E-state index contributed by atoms with van der Waals surface area (Å²) >= 11 is 0. The molecule has 1 aliphatic rings. The molecule has 4 aromatic rings. The number of fused-ring (bicyclic) bond motifs is 1. The molecule has 0 saturated carbocycles. The van der Waals surface area contributed by atoms with E-state index in [1.807, 2.05) is 54.3 Å². The monoisotopic (exact) mass is 552 g/mol. The fourth-order valence-electron chi connectivity index (χ4n) is 6.06. The van der Waals surface area contributed by atoms with Crippen LogP contribution in [0.1, 0.15) is 62.6 Å². The Kier molecular flexibility index (Phi) is 9.07. The van der Waals surface area contributed by atoms with E-state index in [-0.39, 0.29) is 23.7 Å². The minimum Gasteiger partial charge on any atom is -0.466 e. The van der Waals surface area contributed by atoms with Crippen molar-refractivity contribution < 1.29 is 19.1 Å². The Bertz CT molecular complexity index is 1490. The highest BCUT2D eigenvalue weighted by atomic mass is 16.5. The summed E-state index contributed by atoms with van der Waals surface area (Å²) in [6, 6.07) is 24.3. The lowest BCUT2D eigenvalue weighted by atomic mass is 9.86. The van der Waals surface area contributed by atoms with Gasteiger partial charge in [0, 0.05) is 43.6 Å². The minimum atomic E-state index is -0.261. The van der Waals surface area contributed by atoms with Crippen molar-refractivity contribution >= 4 is 22.8 Å². The lowest BCUT2D eigenvalue weighted by molar-refractivity contribution is -0.151. The number of ether oxygens (including phenoxy) is 2. The standard InChI is InChI=1S/C35H40N2O4/c1-4-25-13-11-19-30-32(24-36(5-2)34(25)30)31(22-33(38)37-20-12-15-27(23-37)35(39)40-6-3)26-14-10-18-29(21-26)41-28-16-8-7-9-17-28/h7-11,13-14,16-19,21,24,27,31H,4-6,12,15,20,22-23H2,1-3H3. The second-order valence-corrected chi connectivity index (χ2v) is 10.7. The molecule has 0 aliphatic carbocycles. The second kappa shape index (κ2) is 13.1. The summed E-state index contributed by atoms with van der Waals surface area (Å²) in [6.45, 7) is 8.44. The molecule has 2 atom stereocenters. The molecule has 6 nitrogen and oxygen atoms in total. The number of aryl methyl sites for hydroxylation is 2. The molecule has 0 bridgehead atoms. The van der Waals surface area contributed by atoms with Crippen molar-refractivity contribution in [2.24, 2.45) is 5.92 Å². The topological polar surface area (TPSA) is 60.8 Å². The molecule has 214 valence electrons. The lowest BCUT2D eigenvalue weighted by Gasteiger charge is -2.32. The van der Waals surface area contributed by atoms with Crippen molar-refractivity contribution in [3.05, 3.63) is 95.7 Å². The van der Waals surface area contributed by atoms with Gasteiger partial charge < -0.3 is 18.9 Å². The van der Waals surface area contributed by atoms with Gasteiger partial charge in [0.15, 0.2) is 0 Å². The number of hydrogen-bond acceptors (Lipinski definition) is 4. The summed E-state index contributed by atoms with van der Waals surface area (Å²) in [5.41, 5.74) is 4.71. The molecule has 41 heavy (non-hydrogen) atoms. The Morgan fingerprint density at radius 3 is 2.49 bits per heavy atom. The normalized spacial score (nSPS) is 16.0. The molecule has 1 fully saturated rings. The van der Waals surface area contributed by atoms with Crippen LogP contribution < -0.4 is 4.74 Å². The fraction of sp³-hybridized carbons (Fsp3) is 0.371. The van der Waals surface area contributed by atoms with Gasteiger partial charge in [-0.1, -0.05) is 55.5 Å². The van der Waals surface area contributed by atoms with Gasteiger partial charge in [-0.3, -0.25) is 9.59 Å². The largest absolute Gasteiger partial charge is 0.466 e. The van der Waals surface area contributed by atoms with Crippen LogP contribution in [0.2, 0.25) is 0 Å². The molecule has 1 amide bonds. The first-order valence-corrected chi connectivity index (χ1v) is 14.9. The van der Waals surface area contributed by atoms with E-state index in [2.05, 4.69) is 54.9 Å². The SMILES string of the molecule is CCOC(=O)C1CCCN(C(=O)CC(c2cccc(Oc3ccccc3)c2)c2cn(CC)c3c(CC)cccc23)C1. The number of rotatable bonds is 10. The fourth-order valence-corrected chi connectivity index (χ4v) is 6.06. The van der Waals surface area contributed by atoms with Gasteiger partial charge in [0.25, 0.3) is 0 Å². The predicted molar refractivity (Wildman–Crippen MR) is 162 cm³/mol. The van der Waals surface area contributed by atoms with Crippen LogP contribution in [0, 0.1) is 5.92 Å². The number of nitrogens with zero attached hydrogens (tertiary/aromatic N) is 2. The van der Waals surface area contributed by atoms with Crippen molar-refractivity contribution in [2.45, 2.75) is 58.9 Å². The van der Waals surface area contributed by atoms with Crippen molar-refractivity contribution in [2.75, 3.05) is 19.7 Å². The average Bonchev–Trinajstić information content (AvgIpc) is 3.39. The second-order valence-electron chi connectivity index (χ2n) is 10.7. The van der Waals surface area contributed by atoms with E-state index in [0.717, 1.165) is 48.4 Å². The highest BCUT2D eigenvalue weighted by Gasteiger charge is 2.32. The number of piperidine rings is 1. The third kappa shape index (κ3) is 6.32. The van der Waals surface area contributed by atoms with E-state index in [9.17, 15) is 9.59 Å². The molecule has 0 spiro atoms. The summed E-state index contributed by atoms with van der Waals surface area (Å²) in [4.78, 5) is 28.3. The zero-order valence-corrected chi connectivity index (χ0v) is 24.3. The molecule has 3 aromatic carbocycles. The summed E-state index contributed by atoms with van der Waals surface area (Å²) in [7, 11) is 0. The Morgan fingerprint density at radius 1 is 0.951 bits per heavy atom. The van der Waals surface area contributed by atoms with Crippen molar-refractivity contribution in [1.82, 2.24) is 9.47 Å². The molecular weight excluding hydrogens is 512 g/mol. The van der Waals surface area contributed by atoms with Crippen LogP contribution in [0.15, 0.2) is 79.0 Å². The van der Waals surface area contributed by atoms with E-state index < -0.39 is 0 Å². The number of para-hydroxylation sites is 2. The molecule has 1 aliphatic heterocycles. The zero-order chi connectivity index (χ0) is 28.8. The Labute approximate surface area is 242 Å². The maximum atomic E-state index is 13.9. The number of likely N-dealkylation sites (tertiary alicyclic amines) is 1. The Hall–Kier alpha value is -4.06. The molecule has 6 heteroatoms. The molecule has 5 rings (SSSR count). The van der Waals surface area contributed by atoms with Gasteiger partial charge in [-0.25, -0.2) is 0 Å². The molecule has 0 radical (unpaired) electrons. The van der Waals surface area contributed by atoms with Crippen LogP contribution in [-0.2, 0) is 27.3 Å². The Morgan fingerprint density at radius 2 is 1.73 bits per heavy atom. The van der Waals surface area contributed by atoms with Gasteiger partial charge in [0.05, 0.1) is 18.0 Å². The van der Waals surface area contributed by atoms with Gasteiger partial charge in [0.1, 0.15) is 11.5 Å². The van der Waals surface area contributed by atoms with Crippen molar-refractivity contribution in [3.8, 4) is 11.5 Å². The lowest BCUT2D eigenvalue weighted by Crippen LogP contribution is -2.43. The summed E-state index contributed by atoms with van der Waals surface area (Å²) in [5.74, 6) is 0.925. The molecule has 0 N–H and O–H groups in total. The molecule has 1 saturated heterocycles. The summed E-state index contributed by atoms with van der Waals surface area (Å²) in [5, 5.41) is 1.18. The first kappa shape index (κ1) is 28.5. The van der Waals surface area contributed by atoms with E-state index in [1.54, 1.807) is 0 Å².